The lowest BCUT2D eigenvalue weighted by molar-refractivity contribution is -0.0354. The first-order valence-corrected chi connectivity index (χ1v) is 8.93. The van der Waals surface area contributed by atoms with E-state index >= 15 is 0 Å². The highest BCUT2D eigenvalue weighted by Crippen LogP contribution is 2.38. The van der Waals surface area contributed by atoms with E-state index in [-0.39, 0.29) is 0 Å². The minimum atomic E-state index is -0.608. The van der Waals surface area contributed by atoms with Gasteiger partial charge in [-0.15, -0.1) is 0 Å². The second-order valence-corrected chi connectivity index (χ2v) is 6.69. The van der Waals surface area contributed by atoms with Crippen molar-refractivity contribution in [3.63, 3.8) is 0 Å². The maximum absolute atomic E-state index is 6.58. The predicted octanol–water partition coefficient (Wildman–Crippen LogP) is 5.33. The molecule has 1 atom stereocenters. The Morgan fingerprint density at radius 2 is 1.81 bits per heavy atom. The Hall–Kier alpha value is -2.08. The molecule has 0 N–H and O–H groups in total. The van der Waals surface area contributed by atoms with Crippen LogP contribution in [0.5, 0.6) is 11.5 Å². The summed E-state index contributed by atoms with van der Waals surface area (Å²) in [5, 5.41) is 5.41. The van der Waals surface area contributed by atoms with E-state index in [0.717, 1.165) is 12.0 Å². The summed E-state index contributed by atoms with van der Waals surface area (Å²) in [5.41, 5.74) is 0.270. The molecule has 2 aromatic carbocycles. The minimum Gasteiger partial charge on any atom is -0.457 e. The number of methoxy groups -OCH3 is 1. The summed E-state index contributed by atoms with van der Waals surface area (Å²) < 4.78 is 13.5. The Morgan fingerprint density at radius 1 is 1.08 bits per heavy atom. The summed E-state index contributed by atoms with van der Waals surface area (Å²) in [6.07, 6.45) is 3.89. The molecule has 0 unspecified atom stereocenters. The standard InChI is InChI=1S/C19H19Cl2N3O2/c1-3-19(25-2,11-24-13-22-12-23-24)17-9-8-16(10-18(17)21)26-15-6-4-14(20)5-7-15/h4-10,12-13H,3,11H2,1-2H3/t19-/m0/s1. The van der Waals surface area contributed by atoms with Gasteiger partial charge in [-0.05, 0) is 42.8 Å². The zero-order chi connectivity index (χ0) is 18.6. The van der Waals surface area contributed by atoms with Gasteiger partial charge in [0.15, 0.2) is 0 Å². The van der Waals surface area contributed by atoms with Gasteiger partial charge < -0.3 is 9.47 Å². The summed E-state index contributed by atoms with van der Waals surface area (Å²) in [6, 6.07) is 12.8. The molecule has 0 saturated carbocycles. The van der Waals surface area contributed by atoms with Gasteiger partial charge in [-0.1, -0.05) is 36.2 Å². The van der Waals surface area contributed by atoms with E-state index in [1.807, 2.05) is 12.1 Å². The van der Waals surface area contributed by atoms with Crippen molar-refractivity contribution in [3.8, 4) is 11.5 Å². The first-order chi connectivity index (χ1) is 12.6. The second-order valence-electron chi connectivity index (χ2n) is 5.84. The number of aromatic nitrogens is 3. The number of ether oxygens (including phenoxy) is 2. The molecule has 0 amide bonds. The second kappa shape index (κ2) is 8.08. The van der Waals surface area contributed by atoms with Crippen LogP contribution in [0.1, 0.15) is 18.9 Å². The molecular weight excluding hydrogens is 373 g/mol. The maximum atomic E-state index is 6.58. The fourth-order valence-corrected chi connectivity index (χ4v) is 3.32. The fraction of sp³-hybridized carbons (Fsp3) is 0.263. The predicted molar refractivity (Wildman–Crippen MR) is 102 cm³/mol. The molecule has 0 fully saturated rings. The van der Waals surface area contributed by atoms with E-state index in [0.29, 0.717) is 28.1 Å². The first-order valence-electron chi connectivity index (χ1n) is 8.17. The van der Waals surface area contributed by atoms with Crippen LogP contribution in [-0.4, -0.2) is 21.9 Å². The summed E-state index contributed by atoms with van der Waals surface area (Å²) in [4.78, 5) is 3.99. The number of hydrogen-bond acceptors (Lipinski definition) is 4. The van der Waals surface area contributed by atoms with Gasteiger partial charge in [0.25, 0.3) is 0 Å². The van der Waals surface area contributed by atoms with E-state index < -0.39 is 5.60 Å². The Kier molecular flexibility index (Phi) is 5.81. The summed E-state index contributed by atoms with van der Waals surface area (Å²) in [6.45, 7) is 2.56. The average molecular weight is 392 g/mol. The number of hydrogen-bond donors (Lipinski definition) is 0. The van der Waals surface area contributed by atoms with Crippen molar-refractivity contribution >= 4 is 23.2 Å². The monoisotopic (exact) mass is 391 g/mol. The van der Waals surface area contributed by atoms with Crippen LogP contribution in [0.2, 0.25) is 10.0 Å². The van der Waals surface area contributed by atoms with Gasteiger partial charge in [0, 0.05) is 17.7 Å². The quantitative estimate of drug-likeness (QED) is 0.545. The van der Waals surface area contributed by atoms with Crippen LogP contribution in [0.4, 0.5) is 0 Å². The SMILES string of the molecule is CC[C@@](Cn1cncn1)(OC)c1ccc(Oc2ccc(Cl)cc2)cc1Cl. The van der Waals surface area contributed by atoms with Gasteiger partial charge >= 0.3 is 0 Å². The fourth-order valence-electron chi connectivity index (χ4n) is 2.85. The highest BCUT2D eigenvalue weighted by atomic mass is 35.5. The van der Waals surface area contributed by atoms with Gasteiger partial charge in [-0.25, -0.2) is 9.67 Å². The van der Waals surface area contributed by atoms with Gasteiger partial charge in [0.05, 0.1) is 11.6 Å². The van der Waals surface area contributed by atoms with E-state index in [1.54, 1.807) is 48.5 Å². The molecule has 1 heterocycles. The van der Waals surface area contributed by atoms with Crippen LogP contribution in [-0.2, 0) is 16.9 Å². The van der Waals surface area contributed by atoms with Gasteiger partial charge in [-0.3, -0.25) is 0 Å². The van der Waals surface area contributed by atoms with Crippen LogP contribution in [0.15, 0.2) is 55.1 Å². The zero-order valence-corrected chi connectivity index (χ0v) is 16.0. The third kappa shape index (κ3) is 4.01. The van der Waals surface area contributed by atoms with Crippen molar-refractivity contribution in [1.82, 2.24) is 14.8 Å². The summed E-state index contributed by atoms with van der Waals surface area (Å²) >= 11 is 12.5. The van der Waals surface area contributed by atoms with Crippen LogP contribution in [0, 0.1) is 0 Å². The van der Waals surface area contributed by atoms with E-state index in [9.17, 15) is 0 Å². The third-order valence-corrected chi connectivity index (χ3v) is 4.89. The van der Waals surface area contributed by atoms with Crippen molar-refractivity contribution < 1.29 is 9.47 Å². The van der Waals surface area contributed by atoms with Crippen LogP contribution >= 0.6 is 23.2 Å². The van der Waals surface area contributed by atoms with Gasteiger partial charge in [-0.2, -0.15) is 5.10 Å². The Bertz CT molecular complexity index is 848. The van der Waals surface area contributed by atoms with Crippen molar-refractivity contribution in [1.29, 1.82) is 0 Å². The molecule has 0 aliphatic rings. The Labute approximate surface area is 162 Å². The molecule has 26 heavy (non-hydrogen) atoms. The van der Waals surface area contributed by atoms with Crippen molar-refractivity contribution in [3.05, 3.63) is 70.7 Å². The molecule has 0 spiro atoms. The first kappa shape index (κ1) is 18.7. The van der Waals surface area contributed by atoms with Crippen molar-refractivity contribution in [2.75, 3.05) is 7.11 Å². The molecule has 1 aromatic heterocycles. The van der Waals surface area contributed by atoms with Gasteiger partial charge in [0.2, 0.25) is 0 Å². The molecule has 0 aliphatic heterocycles. The average Bonchev–Trinajstić information content (AvgIpc) is 3.15. The third-order valence-electron chi connectivity index (χ3n) is 4.33. The molecule has 0 bridgehead atoms. The number of halogens is 2. The molecule has 3 rings (SSSR count). The molecule has 3 aromatic rings. The number of nitrogens with zero attached hydrogens (tertiary/aromatic N) is 3. The lowest BCUT2D eigenvalue weighted by Gasteiger charge is -2.32. The molecule has 136 valence electrons. The summed E-state index contributed by atoms with van der Waals surface area (Å²) in [5.74, 6) is 1.33. The lowest BCUT2D eigenvalue weighted by atomic mass is 9.90. The highest BCUT2D eigenvalue weighted by molar-refractivity contribution is 6.31. The van der Waals surface area contributed by atoms with E-state index in [2.05, 4.69) is 17.0 Å². The summed E-state index contributed by atoms with van der Waals surface area (Å²) in [7, 11) is 1.68. The minimum absolute atomic E-state index is 0.511. The van der Waals surface area contributed by atoms with Crippen LogP contribution < -0.4 is 4.74 Å². The normalized spacial score (nSPS) is 13.4. The Balaban J connectivity index is 1.88. The van der Waals surface area contributed by atoms with Crippen LogP contribution in [0.3, 0.4) is 0 Å². The van der Waals surface area contributed by atoms with Gasteiger partial charge in [0.1, 0.15) is 29.8 Å². The topological polar surface area (TPSA) is 49.2 Å². The van der Waals surface area contributed by atoms with Crippen molar-refractivity contribution in [2.45, 2.75) is 25.5 Å². The molecule has 0 radical (unpaired) electrons. The molecule has 0 saturated heterocycles. The lowest BCUT2D eigenvalue weighted by Crippen LogP contribution is -2.33. The molecular formula is C19H19Cl2N3O2. The maximum Gasteiger partial charge on any atom is 0.137 e. The zero-order valence-electron chi connectivity index (χ0n) is 14.5. The number of rotatable bonds is 7. The molecule has 0 aliphatic carbocycles. The largest absolute Gasteiger partial charge is 0.457 e. The van der Waals surface area contributed by atoms with E-state index in [4.69, 9.17) is 32.7 Å². The number of benzene rings is 2. The Morgan fingerprint density at radius 3 is 2.38 bits per heavy atom. The molecule has 5 nitrogen and oxygen atoms in total. The highest BCUT2D eigenvalue weighted by Gasteiger charge is 2.33. The van der Waals surface area contributed by atoms with Crippen LogP contribution in [0.25, 0.3) is 0 Å². The van der Waals surface area contributed by atoms with E-state index in [1.165, 1.54) is 6.33 Å². The molecule has 7 heteroatoms. The van der Waals surface area contributed by atoms with Crippen molar-refractivity contribution in [2.24, 2.45) is 0 Å². The smallest absolute Gasteiger partial charge is 0.137 e.